The molecule has 48 valence electrons. The molecule has 0 radical (unpaired) electrons. The number of hydrogen-bond acceptors (Lipinski definition) is 3. The molecule has 0 saturated heterocycles. The molecule has 0 rings (SSSR count). The Kier molecular flexibility index (Phi) is 2.86. The van der Waals surface area contributed by atoms with Crippen LogP contribution in [0.3, 0.4) is 0 Å². The van der Waals surface area contributed by atoms with Crippen LogP contribution in [-0.4, -0.2) is 14.3 Å². The lowest BCUT2D eigenvalue weighted by atomic mass is 11.0. The van der Waals surface area contributed by atoms with Crippen molar-refractivity contribution in [2.24, 2.45) is 0 Å². The molecule has 0 unspecified atom stereocenters. The van der Waals surface area contributed by atoms with Crippen molar-refractivity contribution in [3.8, 4) is 0 Å². The second-order valence-corrected chi connectivity index (χ2v) is 3.87. The molecule has 3 nitrogen and oxygen atoms in total. The lowest BCUT2D eigenvalue weighted by Crippen LogP contribution is -2.12. The summed E-state index contributed by atoms with van der Waals surface area (Å²) in [7, 11) is 1.38. The van der Waals surface area contributed by atoms with E-state index in [0.29, 0.717) is 0 Å². The molecule has 5 heteroatoms. The normalized spacial score (nSPS) is 10.6. The zero-order valence-corrected chi connectivity index (χ0v) is 5.67. The highest BCUT2D eigenvalue weighted by molar-refractivity contribution is 8.13. The third-order valence-corrected chi connectivity index (χ3v) is 1.24. The molecule has 0 heterocycles. The molecule has 0 atom stereocenters. The molecule has 0 aromatic carbocycles. The van der Waals surface area contributed by atoms with Crippen molar-refractivity contribution in [2.45, 2.75) is 0 Å². The number of halogens is 1. The first kappa shape index (κ1) is 7.78. The van der Waals surface area contributed by atoms with Gasteiger partial charge in [-0.15, -0.1) is 0 Å². The molecule has 0 aromatic rings. The van der Waals surface area contributed by atoms with Crippen molar-refractivity contribution in [1.82, 2.24) is 5.32 Å². The van der Waals surface area contributed by atoms with Crippen LogP contribution in [0.5, 0.6) is 0 Å². The molecule has 0 spiro atoms. The fourth-order valence-electron chi connectivity index (χ4n) is 0.158. The molecule has 1 N–H and O–H groups in total. The van der Waals surface area contributed by atoms with E-state index in [1.807, 2.05) is 0 Å². The molecule has 0 fully saturated rings. The Bertz CT molecular complexity index is 162. The highest BCUT2D eigenvalue weighted by Crippen LogP contribution is 1.90. The topological polar surface area (TPSA) is 46.2 Å². The zero-order chi connectivity index (χ0) is 6.62. The SMILES string of the molecule is C=CNCS(=O)(=O)Cl. The predicted octanol–water partition coefficient (Wildman–Crippen LogP) is 0.246. The van der Waals surface area contributed by atoms with Gasteiger partial charge in [0.25, 0.3) is 9.05 Å². The summed E-state index contributed by atoms with van der Waals surface area (Å²) in [6.07, 6.45) is 1.26. The Morgan fingerprint density at radius 2 is 2.25 bits per heavy atom. The molecular weight excluding hydrogens is 150 g/mol. The van der Waals surface area contributed by atoms with Crippen LogP contribution in [0.25, 0.3) is 0 Å². The Morgan fingerprint density at radius 1 is 1.75 bits per heavy atom. The zero-order valence-electron chi connectivity index (χ0n) is 4.09. The van der Waals surface area contributed by atoms with Crippen LogP contribution < -0.4 is 5.32 Å². The number of hydrogen-bond donors (Lipinski definition) is 1. The lowest BCUT2D eigenvalue weighted by molar-refractivity contribution is 0.606. The Hall–Kier alpha value is -0.220. The first-order valence-electron chi connectivity index (χ1n) is 1.83. The van der Waals surface area contributed by atoms with Gasteiger partial charge in [0.1, 0.15) is 5.88 Å². The van der Waals surface area contributed by atoms with Crippen molar-refractivity contribution in [1.29, 1.82) is 0 Å². The van der Waals surface area contributed by atoms with Crippen LogP contribution in [0.2, 0.25) is 0 Å². The van der Waals surface area contributed by atoms with Gasteiger partial charge in [-0.25, -0.2) is 8.42 Å². The van der Waals surface area contributed by atoms with Crippen molar-refractivity contribution in [2.75, 3.05) is 5.88 Å². The molecule has 0 aromatic heterocycles. The largest absolute Gasteiger partial charge is 0.377 e. The van der Waals surface area contributed by atoms with E-state index < -0.39 is 9.05 Å². The molecule has 0 saturated carbocycles. The number of rotatable bonds is 3. The smallest absolute Gasteiger partial charge is 0.250 e. The molecule has 0 aliphatic carbocycles. The van der Waals surface area contributed by atoms with Crippen LogP contribution in [-0.2, 0) is 9.05 Å². The van der Waals surface area contributed by atoms with Crippen molar-refractivity contribution < 1.29 is 8.42 Å². The minimum Gasteiger partial charge on any atom is -0.377 e. The second kappa shape index (κ2) is 2.94. The lowest BCUT2D eigenvalue weighted by Gasteiger charge is -1.91. The third kappa shape index (κ3) is 5.78. The fourth-order valence-corrected chi connectivity index (χ4v) is 0.664. The maximum Gasteiger partial charge on any atom is 0.250 e. The van der Waals surface area contributed by atoms with Gasteiger partial charge in [0.2, 0.25) is 0 Å². The van der Waals surface area contributed by atoms with E-state index in [2.05, 4.69) is 11.9 Å². The van der Waals surface area contributed by atoms with Gasteiger partial charge in [-0.3, -0.25) is 0 Å². The highest BCUT2D eigenvalue weighted by Gasteiger charge is 1.99. The van der Waals surface area contributed by atoms with Gasteiger partial charge < -0.3 is 5.32 Å². The summed E-state index contributed by atoms with van der Waals surface area (Å²) in [5.41, 5.74) is 0. The van der Waals surface area contributed by atoms with Crippen molar-refractivity contribution >= 4 is 19.7 Å². The van der Waals surface area contributed by atoms with Gasteiger partial charge in [-0.05, 0) is 6.20 Å². The van der Waals surface area contributed by atoms with E-state index in [9.17, 15) is 8.42 Å². The highest BCUT2D eigenvalue weighted by atomic mass is 35.7. The summed E-state index contributed by atoms with van der Waals surface area (Å²) in [6, 6.07) is 0. The van der Waals surface area contributed by atoms with Crippen molar-refractivity contribution in [3.63, 3.8) is 0 Å². The van der Waals surface area contributed by atoms with E-state index >= 15 is 0 Å². The monoisotopic (exact) mass is 155 g/mol. The molecule has 0 aliphatic heterocycles. The molecule has 8 heavy (non-hydrogen) atoms. The van der Waals surface area contributed by atoms with Crippen LogP contribution in [0, 0.1) is 0 Å². The van der Waals surface area contributed by atoms with Gasteiger partial charge in [0.05, 0.1) is 0 Å². The average molecular weight is 156 g/mol. The average Bonchev–Trinajstić information content (AvgIpc) is 1.59. The first-order chi connectivity index (χ1) is 3.56. The van der Waals surface area contributed by atoms with Gasteiger partial charge in [-0.2, -0.15) is 0 Å². The Morgan fingerprint density at radius 3 is 2.38 bits per heavy atom. The standard InChI is InChI=1S/C3H6ClNO2S/c1-2-5-3-8(4,6)7/h2,5H,1,3H2. The van der Waals surface area contributed by atoms with E-state index in [-0.39, 0.29) is 5.88 Å². The van der Waals surface area contributed by atoms with Gasteiger partial charge in [-0.1, -0.05) is 6.58 Å². The predicted molar refractivity (Wildman–Crippen MR) is 33.0 cm³/mol. The van der Waals surface area contributed by atoms with E-state index in [1.54, 1.807) is 0 Å². The van der Waals surface area contributed by atoms with E-state index in [1.165, 1.54) is 6.20 Å². The van der Waals surface area contributed by atoms with E-state index in [0.717, 1.165) is 0 Å². The summed E-state index contributed by atoms with van der Waals surface area (Å²) < 4.78 is 20.1. The Balaban J connectivity index is 3.57. The van der Waals surface area contributed by atoms with Crippen LogP contribution in [0.4, 0.5) is 0 Å². The van der Waals surface area contributed by atoms with Crippen LogP contribution in [0.1, 0.15) is 0 Å². The summed E-state index contributed by atoms with van der Waals surface area (Å²) >= 11 is 0. The third-order valence-electron chi connectivity index (χ3n) is 0.400. The maximum atomic E-state index is 10.0. The van der Waals surface area contributed by atoms with E-state index in [4.69, 9.17) is 10.7 Å². The summed E-state index contributed by atoms with van der Waals surface area (Å²) in [5.74, 6) is -0.266. The fraction of sp³-hybridized carbons (Fsp3) is 0.333. The van der Waals surface area contributed by atoms with Gasteiger partial charge >= 0.3 is 0 Å². The summed E-state index contributed by atoms with van der Waals surface area (Å²) in [6.45, 7) is 3.23. The first-order valence-corrected chi connectivity index (χ1v) is 4.31. The van der Waals surface area contributed by atoms with Gasteiger partial charge in [0.15, 0.2) is 0 Å². The molecule has 0 aliphatic rings. The maximum absolute atomic E-state index is 10.0. The molecular formula is C3H6ClNO2S. The number of nitrogens with one attached hydrogen (secondary N) is 1. The van der Waals surface area contributed by atoms with Crippen molar-refractivity contribution in [3.05, 3.63) is 12.8 Å². The summed E-state index contributed by atoms with van der Waals surface area (Å²) in [5, 5.41) is 2.33. The second-order valence-electron chi connectivity index (χ2n) is 1.09. The summed E-state index contributed by atoms with van der Waals surface area (Å²) in [4.78, 5) is 0. The molecule has 0 bridgehead atoms. The Labute approximate surface area is 52.8 Å². The quantitative estimate of drug-likeness (QED) is 0.595. The molecule has 0 amide bonds. The van der Waals surface area contributed by atoms with Crippen LogP contribution >= 0.6 is 10.7 Å². The van der Waals surface area contributed by atoms with Crippen LogP contribution in [0.15, 0.2) is 12.8 Å². The minimum absolute atomic E-state index is 0.266. The van der Waals surface area contributed by atoms with Gasteiger partial charge in [0, 0.05) is 10.7 Å². The minimum atomic E-state index is -3.40.